The summed E-state index contributed by atoms with van der Waals surface area (Å²) in [5.41, 5.74) is -0.222. The Morgan fingerprint density at radius 1 is 1.25 bits per heavy atom. The van der Waals surface area contributed by atoms with E-state index in [-0.39, 0.29) is 27.9 Å². The first-order chi connectivity index (χ1) is 7.69. The number of fused-ring (bicyclic) bond motifs is 1. The summed E-state index contributed by atoms with van der Waals surface area (Å²) in [5.74, 6) is 0.286. The van der Waals surface area contributed by atoms with E-state index in [1.165, 1.54) is 32.6 Å². The average Bonchev–Trinajstić information content (AvgIpc) is 2.30. The molecule has 2 aromatic rings. The normalized spacial score (nSPS) is 10.4. The fraction of sp³-hybridized carbons (Fsp3) is 0.182. The van der Waals surface area contributed by atoms with Crippen LogP contribution in [0, 0.1) is 0 Å². The maximum atomic E-state index is 11.6. The number of phenolic OH excluding ortho intramolecular Hbond substituents is 1. The summed E-state index contributed by atoms with van der Waals surface area (Å²) in [5, 5.41) is 9.98. The van der Waals surface area contributed by atoms with Crippen molar-refractivity contribution in [2.75, 3.05) is 14.2 Å². The Morgan fingerprint density at radius 2 is 1.94 bits per heavy atom. The molecule has 1 N–H and O–H groups in total. The fourth-order valence-corrected chi connectivity index (χ4v) is 1.51. The summed E-state index contributed by atoms with van der Waals surface area (Å²) in [6.45, 7) is 0. The van der Waals surface area contributed by atoms with Crippen LogP contribution in [0.3, 0.4) is 0 Å². The first kappa shape index (κ1) is 10.4. The lowest BCUT2D eigenvalue weighted by Gasteiger charge is -2.09. The molecule has 0 spiro atoms. The first-order valence-electron chi connectivity index (χ1n) is 4.54. The zero-order chi connectivity index (χ0) is 11.7. The van der Waals surface area contributed by atoms with Crippen molar-refractivity contribution in [2.45, 2.75) is 0 Å². The molecule has 5 nitrogen and oxygen atoms in total. The molecule has 0 aliphatic rings. The van der Waals surface area contributed by atoms with Crippen LogP contribution in [0.2, 0.25) is 0 Å². The van der Waals surface area contributed by atoms with Crippen molar-refractivity contribution in [3.8, 4) is 17.2 Å². The second-order valence-corrected chi connectivity index (χ2v) is 3.12. The summed E-state index contributed by atoms with van der Waals surface area (Å²) in [6.07, 6.45) is 1.21. The molecule has 0 saturated heterocycles. The van der Waals surface area contributed by atoms with E-state index in [1.54, 1.807) is 0 Å². The minimum atomic E-state index is -0.281. The van der Waals surface area contributed by atoms with Gasteiger partial charge < -0.3 is 19.0 Å². The largest absolute Gasteiger partial charge is 0.502 e. The van der Waals surface area contributed by atoms with Crippen molar-refractivity contribution < 1.29 is 19.0 Å². The molecule has 0 radical (unpaired) electrons. The zero-order valence-corrected chi connectivity index (χ0v) is 8.81. The van der Waals surface area contributed by atoms with Crippen LogP contribution in [-0.4, -0.2) is 19.3 Å². The molecule has 0 fully saturated rings. The molecule has 2 rings (SSSR count). The topological polar surface area (TPSA) is 68.9 Å². The van der Waals surface area contributed by atoms with Crippen LogP contribution >= 0.6 is 0 Å². The quantitative estimate of drug-likeness (QED) is 0.834. The molecule has 1 aromatic heterocycles. The van der Waals surface area contributed by atoms with Crippen LogP contribution in [0.5, 0.6) is 17.2 Å². The lowest BCUT2D eigenvalue weighted by atomic mass is 10.2. The Kier molecular flexibility index (Phi) is 2.44. The second kappa shape index (κ2) is 3.77. The predicted molar refractivity (Wildman–Crippen MR) is 57.3 cm³/mol. The number of rotatable bonds is 2. The van der Waals surface area contributed by atoms with Crippen molar-refractivity contribution >= 4 is 11.0 Å². The lowest BCUT2D eigenvalue weighted by Crippen LogP contribution is -2.01. The molecule has 0 atom stereocenters. The van der Waals surface area contributed by atoms with Gasteiger partial charge in [0, 0.05) is 12.1 Å². The molecule has 84 valence electrons. The van der Waals surface area contributed by atoms with Gasteiger partial charge in [-0.25, -0.2) is 0 Å². The highest BCUT2D eigenvalue weighted by atomic mass is 16.5. The monoisotopic (exact) mass is 222 g/mol. The molecule has 0 unspecified atom stereocenters. The van der Waals surface area contributed by atoms with E-state index in [9.17, 15) is 9.90 Å². The molecule has 0 amide bonds. The standard InChI is InChI=1S/C11H10O5/c1-14-7-5-8(15-2)10(13)11-9(7)6(12)3-4-16-11/h3-5,13H,1-2H3. The van der Waals surface area contributed by atoms with Crippen molar-refractivity contribution in [2.24, 2.45) is 0 Å². The molecule has 0 aliphatic carbocycles. The van der Waals surface area contributed by atoms with Crippen LogP contribution in [0.15, 0.2) is 27.6 Å². The van der Waals surface area contributed by atoms with Crippen molar-refractivity contribution in [3.63, 3.8) is 0 Å². The number of hydrogen-bond acceptors (Lipinski definition) is 5. The zero-order valence-electron chi connectivity index (χ0n) is 8.81. The minimum absolute atomic E-state index is 0.0590. The summed E-state index contributed by atoms with van der Waals surface area (Å²) in [6, 6.07) is 2.70. The highest BCUT2D eigenvalue weighted by Gasteiger charge is 2.16. The van der Waals surface area contributed by atoms with Gasteiger partial charge in [0.1, 0.15) is 11.1 Å². The molecule has 16 heavy (non-hydrogen) atoms. The van der Waals surface area contributed by atoms with Crippen LogP contribution in [-0.2, 0) is 0 Å². The summed E-state index contributed by atoms with van der Waals surface area (Å²) >= 11 is 0. The van der Waals surface area contributed by atoms with Gasteiger partial charge in [-0.2, -0.15) is 0 Å². The third-order valence-corrected chi connectivity index (χ3v) is 2.28. The van der Waals surface area contributed by atoms with Crippen molar-refractivity contribution in [3.05, 3.63) is 28.6 Å². The van der Waals surface area contributed by atoms with E-state index in [1.807, 2.05) is 0 Å². The number of phenols is 1. The fourth-order valence-electron chi connectivity index (χ4n) is 1.51. The third kappa shape index (κ3) is 1.37. The van der Waals surface area contributed by atoms with Gasteiger partial charge in [-0.1, -0.05) is 0 Å². The maximum Gasteiger partial charge on any atom is 0.202 e. The maximum absolute atomic E-state index is 11.6. The highest BCUT2D eigenvalue weighted by Crippen LogP contribution is 2.38. The summed E-state index contributed by atoms with van der Waals surface area (Å²) in [4.78, 5) is 11.6. The van der Waals surface area contributed by atoms with E-state index in [0.29, 0.717) is 5.75 Å². The Bertz CT molecular complexity index is 585. The average molecular weight is 222 g/mol. The van der Waals surface area contributed by atoms with Gasteiger partial charge in [0.05, 0.1) is 20.5 Å². The molecule has 1 aromatic carbocycles. The van der Waals surface area contributed by atoms with Gasteiger partial charge in [0.15, 0.2) is 16.8 Å². The summed E-state index contributed by atoms with van der Waals surface area (Å²) in [7, 11) is 2.83. The Labute approximate surface area is 90.8 Å². The van der Waals surface area contributed by atoms with Gasteiger partial charge >= 0.3 is 0 Å². The molecule has 0 aliphatic heterocycles. The SMILES string of the molecule is COc1cc(OC)c2c(=O)ccoc2c1O. The second-order valence-electron chi connectivity index (χ2n) is 3.12. The van der Waals surface area contributed by atoms with E-state index in [0.717, 1.165) is 0 Å². The third-order valence-electron chi connectivity index (χ3n) is 2.28. The van der Waals surface area contributed by atoms with Crippen molar-refractivity contribution in [1.82, 2.24) is 0 Å². The number of benzene rings is 1. The van der Waals surface area contributed by atoms with Gasteiger partial charge in [0.25, 0.3) is 0 Å². The molecular weight excluding hydrogens is 212 g/mol. The number of aromatic hydroxyl groups is 1. The molecule has 0 bridgehead atoms. The Hall–Kier alpha value is -2.17. The Balaban J connectivity index is 2.97. The molecule has 0 saturated carbocycles. The predicted octanol–water partition coefficient (Wildman–Crippen LogP) is 1.52. The number of ether oxygens (including phenoxy) is 2. The number of methoxy groups -OCH3 is 2. The first-order valence-corrected chi connectivity index (χ1v) is 4.54. The van der Waals surface area contributed by atoms with Gasteiger partial charge in [-0.05, 0) is 0 Å². The Morgan fingerprint density at radius 3 is 2.56 bits per heavy atom. The number of hydrogen-bond donors (Lipinski definition) is 1. The van der Waals surface area contributed by atoms with Gasteiger partial charge in [-0.3, -0.25) is 4.79 Å². The van der Waals surface area contributed by atoms with Crippen molar-refractivity contribution in [1.29, 1.82) is 0 Å². The molecule has 5 heteroatoms. The molecular formula is C11H10O5. The van der Waals surface area contributed by atoms with Crippen LogP contribution in [0.25, 0.3) is 11.0 Å². The van der Waals surface area contributed by atoms with Gasteiger partial charge in [0.2, 0.25) is 5.75 Å². The van der Waals surface area contributed by atoms with E-state index in [2.05, 4.69) is 0 Å². The van der Waals surface area contributed by atoms with E-state index in [4.69, 9.17) is 13.9 Å². The minimum Gasteiger partial charge on any atom is -0.502 e. The van der Waals surface area contributed by atoms with Crippen LogP contribution < -0.4 is 14.9 Å². The highest BCUT2D eigenvalue weighted by molar-refractivity contribution is 5.90. The lowest BCUT2D eigenvalue weighted by molar-refractivity contribution is 0.363. The van der Waals surface area contributed by atoms with E-state index < -0.39 is 0 Å². The summed E-state index contributed by atoms with van der Waals surface area (Å²) < 4.78 is 15.1. The van der Waals surface area contributed by atoms with E-state index >= 15 is 0 Å². The van der Waals surface area contributed by atoms with Crippen LogP contribution in [0.4, 0.5) is 0 Å². The smallest absolute Gasteiger partial charge is 0.202 e. The van der Waals surface area contributed by atoms with Gasteiger partial charge in [-0.15, -0.1) is 0 Å². The molecule has 1 heterocycles. The van der Waals surface area contributed by atoms with Crippen LogP contribution in [0.1, 0.15) is 0 Å².